The zero-order valence-corrected chi connectivity index (χ0v) is 18.4. The lowest BCUT2D eigenvalue weighted by atomic mass is 9.69. The average molecular weight is 392 g/mol. The lowest BCUT2D eigenvalue weighted by Gasteiger charge is -2.38. The Balaban J connectivity index is 1.73. The van der Waals surface area contributed by atoms with E-state index < -0.39 is 0 Å². The van der Waals surface area contributed by atoms with Crippen molar-refractivity contribution in [1.29, 1.82) is 0 Å². The van der Waals surface area contributed by atoms with E-state index >= 15 is 0 Å². The number of terminal acetylenes is 1. The summed E-state index contributed by atoms with van der Waals surface area (Å²) < 4.78 is 6.00. The van der Waals surface area contributed by atoms with Crippen molar-refractivity contribution in [2.24, 2.45) is 23.7 Å². The highest BCUT2D eigenvalue weighted by atomic mass is 16.4. The predicted molar refractivity (Wildman–Crippen MR) is 118 cm³/mol. The SMILES string of the molecule is C#CCN(C)C[C@@H]1C=C(C)[C@H](Cc2nnc(-c3ccc(C)cc3)o2)C[C@H]1C(C)C. The van der Waals surface area contributed by atoms with Gasteiger partial charge in [0.2, 0.25) is 11.8 Å². The van der Waals surface area contributed by atoms with Crippen molar-refractivity contribution in [2.45, 2.75) is 40.5 Å². The first-order valence-electron chi connectivity index (χ1n) is 10.6. The predicted octanol–water partition coefficient (Wildman–Crippen LogP) is 5.01. The highest BCUT2D eigenvalue weighted by Gasteiger charge is 2.33. The van der Waals surface area contributed by atoms with E-state index in [0.717, 1.165) is 30.8 Å². The normalized spacial score (nSPS) is 22.0. The lowest BCUT2D eigenvalue weighted by Crippen LogP contribution is -2.35. The smallest absolute Gasteiger partial charge is 0.247 e. The van der Waals surface area contributed by atoms with Crippen LogP contribution in [0.3, 0.4) is 0 Å². The number of hydrogen-bond donors (Lipinski definition) is 0. The second-order valence-electron chi connectivity index (χ2n) is 8.89. The van der Waals surface area contributed by atoms with Gasteiger partial charge in [-0.15, -0.1) is 16.6 Å². The fourth-order valence-electron chi connectivity index (χ4n) is 4.43. The third-order valence-electron chi connectivity index (χ3n) is 6.15. The van der Waals surface area contributed by atoms with Crippen LogP contribution < -0.4 is 0 Å². The van der Waals surface area contributed by atoms with Gasteiger partial charge in [0.1, 0.15) is 0 Å². The van der Waals surface area contributed by atoms with Crippen LogP contribution in [0.4, 0.5) is 0 Å². The number of allylic oxidation sites excluding steroid dienone is 1. The second kappa shape index (κ2) is 9.41. The number of rotatable bonds is 7. The summed E-state index contributed by atoms with van der Waals surface area (Å²) in [5.74, 6) is 6.31. The lowest BCUT2D eigenvalue weighted by molar-refractivity contribution is 0.183. The molecular formula is C25H33N3O. The van der Waals surface area contributed by atoms with Crippen molar-refractivity contribution in [3.05, 3.63) is 47.4 Å². The van der Waals surface area contributed by atoms with Crippen molar-refractivity contribution >= 4 is 0 Å². The zero-order chi connectivity index (χ0) is 21.0. The average Bonchev–Trinajstić information content (AvgIpc) is 3.13. The van der Waals surface area contributed by atoms with Gasteiger partial charge in [0.05, 0.1) is 6.54 Å². The minimum Gasteiger partial charge on any atom is -0.421 e. The molecule has 0 radical (unpaired) electrons. The topological polar surface area (TPSA) is 42.2 Å². The zero-order valence-electron chi connectivity index (χ0n) is 18.4. The van der Waals surface area contributed by atoms with E-state index in [1.54, 1.807) is 0 Å². The van der Waals surface area contributed by atoms with Gasteiger partial charge in [0, 0.05) is 18.5 Å². The molecule has 0 spiro atoms. The molecule has 0 amide bonds. The Morgan fingerprint density at radius 2 is 1.93 bits per heavy atom. The summed E-state index contributed by atoms with van der Waals surface area (Å²) >= 11 is 0. The standard InChI is InChI=1S/C25H33N3O/c1-7-12-28(6)16-22-13-19(5)21(14-23(22)17(2)3)15-24-26-27-25(29-24)20-10-8-18(4)9-11-20/h1,8-11,13,17,21-23H,12,14-16H2,2-6H3/t21-,22-,23-/m0/s1. The first kappa shape index (κ1) is 21.3. The molecule has 1 aliphatic carbocycles. The third-order valence-corrected chi connectivity index (χ3v) is 6.15. The minimum absolute atomic E-state index is 0.447. The number of aromatic nitrogens is 2. The number of benzene rings is 1. The van der Waals surface area contributed by atoms with Crippen LogP contribution in [-0.4, -0.2) is 35.2 Å². The molecule has 1 aromatic carbocycles. The maximum absolute atomic E-state index is 6.00. The molecule has 1 aromatic heterocycles. The molecule has 0 fully saturated rings. The van der Waals surface area contributed by atoms with E-state index in [4.69, 9.17) is 10.8 Å². The molecule has 4 nitrogen and oxygen atoms in total. The van der Waals surface area contributed by atoms with Gasteiger partial charge in [-0.25, -0.2) is 0 Å². The fourth-order valence-corrected chi connectivity index (χ4v) is 4.43. The molecule has 4 heteroatoms. The summed E-state index contributed by atoms with van der Waals surface area (Å²) in [5, 5.41) is 8.60. The first-order valence-corrected chi connectivity index (χ1v) is 10.6. The van der Waals surface area contributed by atoms with Crippen molar-refractivity contribution < 1.29 is 4.42 Å². The fraction of sp³-hybridized carbons (Fsp3) is 0.520. The van der Waals surface area contributed by atoms with Crippen LogP contribution in [0.2, 0.25) is 0 Å². The van der Waals surface area contributed by atoms with Gasteiger partial charge < -0.3 is 4.42 Å². The van der Waals surface area contributed by atoms with Crippen molar-refractivity contribution in [3.8, 4) is 23.8 Å². The van der Waals surface area contributed by atoms with Crippen LogP contribution in [0.1, 0.15) is 38.6 Å². The molecule has 0 bridgehead atoms. The molecular weight excluding hydrogens is 358 g/mol. The Labute approximate surface area is 175 Å². The highest BCUT2D eigenvalue weighted by molar-refractivity contribution is 5.52. The quantitative estimate of drug-likeness (QED) is 0.492. The minimum atomic E-state index is 0.447. The summed E-state index contributed by atoms with van der Waals surface area (Å²) in [4.78, 5) is 2.25. The van der Waals surface area contributed by atoms with Crippen LogP contribution in [0.5, 0.6) is 0 Å². The molecule has 1 aliphatic rings. The summed E-state index contributed by atoms with van der Waals surface area (Å²) in [7, 11) is 2.11. The van der Waals surface area contributed by atoms with Gasteiger partial charge >= 0.3 is 0 Å². The maximum Gasteiger partial charge on any atom is 0.247 e. The van der Waals surface area contributed by atoms with Crippen molar-refractivity contribution in [3.63, 3.8) is 0 Å². The van der Waals surface area contributed by atoms with Crippen molar-refractivity contribution in [1.82, 2.24) is 15.1 Å². The van der Waals surface area contributed by atoms with Crippen LogP contribution in [0, 0.1) is 42.9 Å². The molecule has 0 unspecified atom stereocenters. The van der Waals surface area contributed by atoms with Crippen LogP contribution >= 0.6 is 0 Å². The van der Waals surface area contributed by atoms with E-state index in [9.17, 15) is 0 Å². The van der Waals surface area contributed by atoms with Crippen molar-refractivity contribution in [2.75, 3.05) is 20.1 Å². The maximum atomic E-state index is 6.00. The largest absolute Gasteiger partial charge is 0.421 e. The third kappa shape index (κ3) is 5.36. The van der Waals surface area contributed by atoms with Gasteiger partial charge in [-0.3, -0.25) is 4.90 Å². The van der Waals surface area contributed by atoms with Crippen LogP contribution in [0.15, 0.2) is 40.3 Å². The summed E-state index contributed by atoms with van der Waals surface area (Å²) in [5.41, 5.74) is 3.62. The van der Waals surface area contributed by atoms with Gasteiger partial charge in [-0.1, -0.05) is 49.1 Å². The van der Waals surface area contributed by atoms with Gasteiger partial charge in [0.25, 0.3) is 0 Å². The number of hydrogen-bond acceptors (Lipinski definition) is 4. The second-order valence-corrected chi connectivity index (χ2v) is 8.89. The van der Waals surface area contributed by atoms with Gasteiger partial charge in [-0.2, -0.15) is 0 Å². The van der Waals surface area contributed by atoms with E-state index in [-0.39, 0.29) is 0 Å². The Morgan fingerprint density at radius 1 is 1.21 bits per heavy atom. The summed E-state index contributed by atoms with van der Waals surface area (Å²) in [6.07, 6.45) is 9.90. The van der Waals surface area contributed by atoms with Gasteiger partial charge in [-0.05, 0) is 63.1 Å². The Morgan fingerprint density at radius 3 is 2.59 bits per heavy atom. The summed E-state index contributed by atoms with van der Waals surface area (Å²) in [6, 6.07) is 8.20. The molecule has 29 heavy (non-hydrogen) atoms. The molecule has 3 atom stereocenters. The molecule has 0 N–H and O–H groups in total. The highest BCUT2D eigenvalue weighted by Crippen LogP contribution is 2.39. The first-order chi connectivity index (χ1) is 13.9. The monoisotopic (exact) mass is 391 g/mol. The molecule has 1 heterocycles. The molecule has 0 saturated heterocycles. The molecule has 2 aromatic rings. The van der Waals surface area contributed by atoms with E-state index in [0.29, 0.717) is 36.1 Å². The Kier molecular flexibility index (Phi) is 6.92. The molecule has 0 aliphatic heterocycles. The molecule has 154 valence electrons. The van der Waals surface area contributed by atoms with E-state index in [1.807, 2.05) is 12.1 Å². The number of aryl methyl sites for hydroxylation is 1. The number of nitrogens with zero attached hydrogens (tertiary/aromatic N) is 3. The summed E-state index contributed by atoms with van der Waals surface area (Å²) in [6.45, 7) is 10.7. The van der Waals surface area contributed by atoms with Gasteiger partial charge in [0.15, 0.2) is 0 Å². The Bertz CT molecular complexity index is 872. The van der Waals surface area contributed by atoms with E-state index in [1.165, 1.54) is 11.1 Å². The van der Waals surface area contributed by atoms with Crippen LogP contribution in [0.25, 0.3) is 11.5 Å². The molecule has 3 rings (SSSR count). The molecule has 0 saturated carbocycles. The van der Waals surface area contributed by atoms with Crippen LogP contribution in [-0.2, 0) is 6.42 Å². The Hall–Kier alpha value is -2.38. The van der Waals surface area contributed by atoms with E-state index in [2.05, 4.69) is 74.0 Å².